The first-order valence-electron chi connectivity index (χ1n) is 7.90. The third-order valence-corrected chi connectivity index (χ3v) is 3.97. The van der Waals surface area contributed by atoms with Crippen molar-refractivity contribution in [1.29, 1.82) is 0 Å². The van der Waals surface area contributed by atoms with Crippen molar-refractivity contribution in [3.05, 3.63) is 64.7 Å². The lowest BCUT2D eigenvalue weighted by Crippen LogP contribution is -2.12. The molecule has 8 nitrogen and oxygen atoms in total. The molecule has 126 valence electrons. The minimum Gasteiger partial charge on any atom is -0.337 e. The fourth-order valence-corrected chi connectivity index (χ4v) is 2.65. The highest BCUT2D eigenvalue weighted by atomic mass is 16.5. The molecule has 25 heavy (non-hydrogen) atoms. The van der Waals surface area contributed by atoms with E-state index in [1.807, 2.05) is 24.3 Å². The number of H-pyrrole nitrogens is 2. The van der Waals surface area contributed by atoms with Gasteiger partial charge in [-0.15, -0.1) is 0 Å². The third kappa shape index (κ3) is 3.20. The fourth-order valence-electron chi connectivity index (χ4n) is 2.65. The summed E-state index contributed by atoms with van der Waals surface area (Å²) in [5.41, 5.74) is 9.03. The number of aromatic nitrogens is 5. The predicted molar refractivity (Wildman–Crippen MR) is 91.7 cm³/mol. The molecule has 0 fully saturated rings. The Bertz CT molecular complexity index is 1050. The molecule has 3 heterocycles. The molecule has 1 unspecified atom stereocenters. The Morgan fingerprint density at radius 2 is 2.04 bits per heavy atom. The maximum absolute atomic E-state index is 11.3. The highest BCUT2D eigenvalue weighted by Gasteiger charge is 2.16. The van der Waals surface area contributed by atoms with Crippen LogP contribution in [0.4, 0.5) is 0 Å². The van der Waals surface area contributed by atoms with E-state index in [1.54, 1.807) is 18.3 Å². The lowest BCUT2D eigenvalue weighted by Gasteiger charge is -2.05. The maximum Gasteiger partial charge on any atom is 0.323 e. The Morgan fingerprint density at radius 3 is 2.88 bits per heavy atom. The molecule has 1 aromatic carbocycles. The molecule has 0 aliphatic heterocycles. The van der Waals surface area contributed by atoms with Gasteiger partial charge in [0.05, 0.1) is 17.1 Å². The molecule has 4 N–H and O–H groups in total. The van der Waals surface area contributed by atoms with Gasteiger partial charge in [-0.05, 0) is 43.2 Å². The molecule has 4 rings (SSSR count). The predicted octanol–water partition coefficient (Wildman–Crippen LogP) is 1.93. The summed E-state index contributed by atoms with van der Waals surface area (Å²) in [5, 5.41) is 3.99. The molecule has 3 aromatic heterocycles. The number of pyridine rings is 1. The fraction of sp³-hybridized carbons (Fsp3) is 0.176. The normalized spacial score (nSPS) is 12.5. The number of hydrogen-bond acceptors (Lipinski definition) is 6. The van der Waals surface area contributed by atoms with Gasteiger partial charge >= 0.3 is 5.69 Å². The minimum atomic E-state index is -0.362. The first kappa shape index (κ1) is 15.3. The van der Waals surface area contributed by atoms with Crippen molar-refractivity contribution < 1.29 is 4.52 Å². The quantitative estimate of drug-likeness (QED) is 0.511. The van der Waals surface area contributed by atoms with Gasteiger partial charge in [-0.2, -0.15) is 4.98 Å². The molecule has 0 spiro atoms. The highest BCUT2D eigenvalue weighted by molar-refractivity contribution is 5.79. The first-order valence-corrected chi connectivity index (χ1v) is 7.90. The van der Waals surface area contributed by atoms with Gasteiger partial charge in [0.2, 0.25) is 11.7 Å². The number of hydrogen-bond donors (Lipinski definition) is 3. The SMILES string of the molecule is NC(CCc1ccccn1)c1nc(-c2ccc3[nH]c(=O)[nH]c3c2)no1. The Kier molecular flexibility index (Phi) is 3.87. The van der Waals surface area contributed by atoms with Crippen LogP contribution in [0.5, 0.6) is 0 Å². The number of nitrogens with one attached hydrogen (secondary N) is 2. The minimum absolute atomic E-state index is 0.252. The molecular formula is C17H16N6O2. The molecule has 0 bridgehead atoms. The summed E-state index contributed by atoms with van der Waals surface area (Å²) >= 11 is 0. The van der Waals surface area contributed by atoms with Crippen molar-refractivity contribution in [2.45, 2.75) is 18.9 Å². The van der Waals surface area contributed by atoms with Gasteiger partial charge in [0.15, 0.2) is 0 Å². The standard InChI is InChI=1S/C17H16N6O2/c18-12(6-5-11-3-1-2-8-19-11)16-22-15(23-25-16)10-4-7-13-14(9-10)21-17(24)20-13/h1-4,7-9,12H,5-6,18H2,(H2,20,21,24). The van der Waals surface area contributed by atoms with E-state index in [4.69, 9.17) is 10.3 Å². The van der Waals surface area contributed by atoms with Crippen molar-refractivity contribution in [3.63, 3.8) is 0 Å². The van der Waals surface area contributed by atoms with Crippen LogP contribution in [0.3, 0.4) is 0 Å². The van der Waals surface area contributed by atoms with E-state index in [1.165, 1.54) is 0 Å². The number of aromatic amines is 2. The van der Waals surface area contributed by atoms with Gasteiger partial charge in [0, 0.05) is 17.5 Å². The zero-order valence-electron chi connectivity index (χ0n) is 13.3. The van der Waals surface area contributed by atoms with Crippen LogP contribution >= 0.6 is 0 Å². The van der Waals surface area contributed by atoms with Gasteiger partial charge < -0.3 is 20.2 Å². The van der Waals surface area contributed by atoms with E-state index in [9.17, 15) is 4.79 Å². The molecule has 0 radical (unpaired) electrons. The van der Waals surface area contributed by atoms with Crippen LogP contribution in [0, 0.1) is 0 Å². The molecule has 0 aliphatic carbocycles. The van der Waals surface area contributed by atoms with Crippen molar-refractivity contribution in [3.8, 4) is 11.4 Å². The van der Waals surface area contributed by atoms with Crippen molar-refractivity contribution in [2.24, 2.45) is 5.73 Å². The summed E-state index contributed by atoms with van der Waals surface area (Å²) in [6.07, 6.45) is 3.15. The number of imidazole rings is 1. The highest BCUT2D eigenvalue weighted by Crippen LogP contribution is 2.22. The van der Waals surface area contributed by atoms with Gasteiger partial charge in [0.1, 0.15) is 0 Å². The zero-order valence-corrected chi connectivity index (χ0v) is 13.3. The van der Waals surface area contributed by atoms with Gasteiger partial charge in [-0.25, -0.2) is 4.79 Å². The second-order valence-corrected chi connectivity index (χ2v) is 5.76. The molecular weight excluding hydrogens is 320 g/mol. The molecule has 0 amide bonds. The second kappa shape index (κ2) is 6.33. The number of nitrogens with zero attached hydrogens (tertiary/aromatic N) is 3. The van der Waals surface area contributed by atoms with E-state index in [0.29, 0.717) is 23.7 Å². The van der Waals surface area contributed by atoms with Gasteiger partial charge in [-0.1, -0.05) is 11.2 Å². The second-order valence-electron chi connectivity index (χ2n) is 5.76. The summed E-state index contributed by atoms with van der Waals surface area (Å²) in [6.45, 7) is 0. The average Bonchev–Trinajstić information content (AvgIpc) is 3.25. The maximum atomic E-state index is 11.3. The molecule has 8 heteroatoms. The third-order valence-electron chi connectivity index (χ3n) is 3.97. The van der Waals surface area contributed by atoms with Crippen LogP contribution in [0.2, 0.25) is 0 Å². The largest absolute Gasteiger partial charge is 0.337 e. The summed E-state index contributed by atoms with van der Waals surface area (Å²) < 4.78 is 5.30. The number of fused-ring (bicyclic) bond motifs is 1. The summed E-state index contributed by atoms with van der Waals surface area (Å²) in [7, 11) is 0. The molecule has 4 aromatic rings. The topological polar surface area (TPSA) is 126 Å². The lowest BCUT2D eigenvalue weighted by atomic mass is 10.1. The van der Waals surface area contributed by atoms with E-state index >= 15 is 0 Å². The lowest BCUT2D eigenvalue weighted by molar-refractivity contribution is 0.349. The first-order chi connectivity index (χ1) is 12.2. The van der Waals surface area contributed by atoms with Crippen LogP contribution in [0.15, 0.2) is 51.9 Å². The summed E-state index contributed by atoms with van der Waals surface area (Å²) in [6, 6.07) is 10.8. The zero-order chi connectivity index (χ0) is 17.2. The number of benzene rings is 1. The van der Waals surface area contributed by atoms with E-state index in [-0.39, 0.29) is 11.7 Å². The Labute approximate surface area is 142 Å². The van der Waals surface area contributed by atoms with Gasteiger partial charge in [0.25, 0.3) is 0 Å². The average molecular weight is 336 g/mol. The van der Waals surface area contributed by atoms with Crippen LogP contribution in [0.25, 0.3) is 22.4 Å². The number of rotatable bonds is 5. The monoisotopic (exact) mass is 336 g/mol. The number of aryl methyl sites for hydroxylation is 1. The summed E-state index contributed by atoms with van der Waals surface area (Å²) in [4.78, 5) is 25.4. The Balaban J connectivity index is 1.51. The van der Waals surface area contributed by atoms with Crippen molar-refractivity contribution in [2.75, 3.05) is 0 Å². The summed E-state index contributed by atoms with van der Waals surface area (Å²) in [5.74, 6) is 0.820. The molecule has 0 aliphatic rings. The molecule has 1 atom stereocenters. The number of nitrogens with two attached hydrogens (primary N) is 1. The van der Waals surface area contributed by atoms with E-state index in [0.717, 1.165) is 23.2 Å². The molecule has 0 saturated carbocycles. The van der Waals surface area contributed by atoms with E-state index < -0.39 is 0 Å². The van der Waals surface area contributed by atoms with Crippen LogP contribution in [-0.2, 0) is 6.42 Å². The van der Waals surface area contributed by atoms with Crippen LogP contribution < -0.4 is 11.4 Å². The van der Waals surface area contributed by atoms with Crippen molar-refractivity contribution in [1.82, 2.24) is 25.1 Å². The molecule has 0 saturated heterocycles. The van der Waals surface area contributed by atoms with Gasteiger partial charge in [-0.3, -0.25) is 4.98 Å². The van der Waals surface area contributed by atoms with E-state index in [2.05, 4.69) is 25.1 Å². The Hall–Kier alpha value is -3.26. The smallest absolute Gasteiger partial charge is 0.323 e. The van der Waals surface area contributed by atoms with Crippen molar-refractivity contribution >= 4 is 11.0 Å². The van der Waals surface area contributed by atoms with Crippen LogP contribution in [0.1, 0.15) is 24.0 Å². The Morgan fingerprint density at radius 1 is 1.16 bits per heavy atom. The van der Waals surface area contributed by atoms with Crippen LogP contribution in [-0.4, -0.2) is 25.1 Å².